The summed E-state index contributed by atoms with van der Waals surface area (Å²) < 4.78 is 0. The first kappa shape index (κ1) is 47.2. The van der Waals surface area contributed by atoms with Crippen molar-refractivity contribution < 1.29 is 0 Å². The van der Waals surface area contributed by atoms with Crippen LogP contribution in [0.1, 0.15) is 55.6 Å². The fraction of sp³-hybridized carbons (Fsp3) is 0.0270. The molecule has 0 aliphatic heterocycles. The molecule has 2 atom stereocenters. The lowest BCUT2D eigenvalue weighted by Crippen LogP contribution is -2.50. The van der Waals surface area contributed by atoms with E-state index in [9.17, 15) is 21.0 Å². The topological polar surface area (TPSA) is 102 Å². The van der Waals surface area contributed by atoms with Gasteiger partial charge >= 0.3 is 0 Å². The van der Waals surface area contributed by atoms with Gasteiger partial charge in [-0.1, -0.05) is 158 Å². The minimum Gasteiger partial charge on any atom is -0.310 e. The van der Waals surface area contributed by atoms with Gasteiger partial charge in [-0.25, -0.2) is 0 Å². The van der Waals surface area contributed by atoms with Gasteiger partial charge in [0.2, 0.25) is 0 Å². The third-order valence-electron chi connectivity index (χ3n) is 16.5. The minimum atomic E-state index is -1.03. The van der Waals surface area contributed by atoms with Crippen LogP contribution in [-0.2, 0) is 10.8 Å². The van der Waals surface area contributed by atoms with Crippen molar-refractivity contribution in [1.29, 1.82) is 21.0 Å². The highest BCUT2D eigenvalue weighted by atomic mass is 15.2. The van der Waals surface area contributed by atoms with E-state index in [0.717, 1.165) is 111 Å². The molecular formula is C74H44N6. The molecule has 0 radical (unpaired) electrons. The third-order valence-corrected chi connectivity index (χ3v) is 16.5. The van der Waals surface area contributed by atoms with E-state index in [1.54, 1.807) is 0 Å². The molecule has 0 fully saturated rings. The quantitative estimate of drug-likeness (QED) is 0.143. The van der Waals surface area contributed by atoms with Crippen molar-refractivity contribution in [3.63, 3.8) is 0 Å². The number of nitrogens with zero attached hydrogens (tertiary/aromatic N) is 6. The number of nitriles is 4. The molecule has 6 heteroatoms. The van der Waals surface area contributed by atoms with Crippen LogP contribution in [0.5, 0.6) is 0 Å². The summed E-state index contributed by atoms with van der Waals surface area (Å²) in [6.45, 7) is 0. The summed E-state index contributed by atoms with van der Waals surface area (Å²) >= 11 is 0. The molecule has 14 rings (SSSR count). The third kappa shape index (κ3) is 6.81. The van der Waals surface area contributed by atoms with Crippen LogP contribution in [0, 0.1) is 45.3 Å². The zero-order chi connectivity index (χ0) is 54.0. The highest BCUT2D eigenvalue weighted by molar-refractivity contribution is 6.14. The van der Waals surface area contributed by atoms with Gasteiger partial charge < -0.3 is 9.80 Å². The van der Waals surface area contributed by atoms with E-state index in [4.69, 9.17) is 0 Å². The lowest BCUT2D eigenvalue weighted by atomic mass is 9.49. The lowest BCUT2D eigenvalue weighted by molar-refractivity contribution is 0.438. The van der Waals surface area contributed by atoms with Gasteiger partial charge in [0.05, 0.1) is 68.7 Å². The predicted molar refractivity (Wildman–Crippen MR) is 320 cm³/mol. The highest BCUT2D eigenvalue weighted by Crippen LogP contribution is 2.72. The SMILES string of the molecule is N#Cc1ccc(N(c2ccc(C#N)cc2)c2cc3c(c4ccccc24)-c2ccccc2C3(c2ccccc2)C2(c3ccccc3)c3ccccc3-c3c2cc(N(c2ccc(C#N)cc2)c2ccc(C#N)cc2)c2ccccc32)cc1. The molecule has 6 nitrogen and oxygen atoms in total. The molecule has 0 saturated carbocycles. The van der Waals surface area contributed by atoms with Gasteiger partial charge in [0.25, 0.3) is 0 Å². The van der Waals surface area contributed by atoms with Crippen LogP contribution in [0.4, 0.5) is 34.1 Å². The first-order valence-electron chi connectivity index (χ1n) is 26.6. The van der Waals surface area contributed by atoms with Gasteiger partial charge in [-0.3, -0.25) is 0 Å². The molecule has 2 aliphatic rings. The summed E-state index contributed by atoms with van der Waals surface area (Å²) in [5, 5.41) is 44.5. The maximum Gasteiger partial charge on any atom is 0.0991 e. The molecule has 2 unspecified atom stereocenters. The molecule has 12 aromatic rings. The van der Waals surface area contributed by atoms with Crippen LogP contribution in [0.3, 0.4) is 0 Å². The molecule has 0 bridgehead atoms. The molecule has 370 valence electrons. The van der Waals surface area contributed by atoms with Gasteiger partial charge in [0.15, 0.2) is 0 Å². The average Bonchev–Trinajstić information content (AvgIpc) is 4.21. The zero-order valence-corrected chi connectivity index (χ0v) is 43.1. The Kier molecular flexibility index (Phi) is 11.1. The first-order valence-corrected chi connectivity index (χ1v) is 26.6. The Morgan fingerprint density at radius 2 is 0.537 bits per heavy atom. The monoisotopic (exact) mass is 1020 g/mol. The Labute approximate surface area is 464 Å². The van der Waals surface area contributed by atoms with E-state index >= 15 is 0 Å². The lowest BCUT2D eigenvalue weighted by Gasteiger charge is -2.51. The molecular weight excluding hydrogens is 973 g/mol. The summed E-state index contributed by atoms with van der Waals surface area (Å²) in [6, 6.07) is 103. The second-order valence-electron chi connectivity index (χ2n) is 20.4. The number of benzene rings is 12. The van der Waals surface area contributed by atoms with E-state index in [-0.39, 0.29) is 0 Å². The zero-order valence-electron chi connectivity index (χ0n) is 43.1. The van der Waals surface area contributed by atoms with Crippen LogP contribution < -0.4 is 9.80 Å². The smallest absolute Gasteiger partial charge is 0.0991 e. The molecule has 0 N–H and O–H groups in total. The fourth-order valence-electron chi connectivity index (χ4n) is 13.4. The van der Waals surface area contributed by atoms with Crippen LogP contribution >= 0.6 is 0 Å². The van der Waals surface area contributed by atoms with Crippen molar-refractivity contribution in [1.82, 2.24) is 0 Å². The second-order valence-corrected chi connectivity index (χ2v) is 20.4. The largest absolute Gasteiger partial charge is 0.310 e. The van der Waals surface area contributed by atoms with Crippen LogP contribution in [0.25, 0.3) is 43.8 Å². The number of hydrogen-bond donors (Lipinski definition) is 0. The molecule has 80 heavy (non-hydrogen) atoms. The standard InChI is InChI=1S/C74H44N6/c75-45-49-27-35-55(36-28-49)79(56-37-29-50(46-76)30-38-56)69-43-67-71(61-21-9-7-19-59(61)69)63-23-11-13-25-65(63)73(67,53-15-3-1-4-16-53)74(54-17-5-2-6-18-54)66-26-14-12-24-64(66)72-62-22-10-8-20-60(62)70(44-68(72)74)80(57-39-31-51(47-77)32-40-57)58-41-33-52(48-78)34-42-58/h1-44H. The Morgan fingerprint density at radius 1 is 0.263 bits per heavy atom. The summed E-state index contributed by atoms with van der Waals surface area (Å²) in [5.74, 6) is 0. The molecule has 0 amide bonds. The summed E-state index contributed by atoms with van der Waals surface area (Å²) in [6.07, 6.45) is 0. The van der Waals surface area contributed by atoms with E-state index in [1.807, 2.05) is 97.1 Å². The Hall–Kier alpha value is -11.3. The normalized spacial score (nSPS) is 15.3. The predicted octanol–water partition coefficient (Wildman–Crippen LogP) is 17.7. The highest BCUT2D eigenvalue weighted by Gasteiger charge is 2.65. The second kappa shape index (κ2) is 18.8. The van der Waals surface area contributed by atoms with Gasteiger partial charge in [-0.15, -0.1) is 0 Å². The van der Waals surface area contributed by atoms with Crippen molar-refractivity contribution in [3.05, 3.63) is 323 Å². The van der Waals surface area contributed by atoms with E-state index < -0.39 is 10.8 Å². The Morgan fingerprint density at radius 3 is 0.850 bits per heavy atom. The van der Waals surface area contributed by atoms with E-state index in [0.29, 0.717) is 22.3 Å². The van der Waals surface area contributed by atoms with Crippen LogP contribution in [-0.4, -0.2) is 0 Å². The first-order chi connectivity index (χ1) is 39.5. The molecule has 12 aromatic carbocycles. The molecule has 0 saturated heterocycles. The van der Waals surface area contributed by atoms with Crippen molar-refractivity contribution in [3.8, 4) is 46.5 Å². The average molecular weight is 1020 g/mol. The molecule has 2 aliphatic carbocycles. The summed E-state index contributed by atoms with van der Waals surface area (Å²) in [7, 11) is 0. The van der Waals surface area contributed by atoms with Crippen LogP contribution in [0.2, 0.25) is 0 Å². The van der Waals surface area contributed by atoms with Gasteiger partial charge in [0, 0.05) is 33.5 Å². The van der Waals surface area contributed by atoms with Crippen LogP contribution in [0.15, 0.2) is 267 Å². The molecule has 0 spiro atoms. The maximum atomic E-state index is 10.1. The van der Waals surface area contributed by atoms with E-state index in [2.05, 4.69) is 204 Å². The maximum absolute atomic E-state index is 10.1. The van der Waals surface area contributed by atoms with Crippen molar-refractivity contribution >= 4 is 55.7 Å². The van der Waals surface area contributed by atoms with Crippen molar-refractivity contribution in [2.45, 2.75) is 10.8 Å². The van der Waals surface area contributed by atoms with Crippen molar-refractivity contribution in [2.24, 2.45) is 0 Å². The number of rotatable bonds is 9. The summed E-state index contributed by atoms with van der Waals surface area (Å²) in [4.78, 5) is 4.54. The van der Waals surface area contributed by atoms with Gasteiger partial charge in [-0.2, -0.15) is 21.0 Å². The van der Waals surface area contributed by atoms with Gasteiger partial charge in [-0.05, 0) is 176 Å². The van der Waals surface area contributed by atoms with Gasteiger partial charge in [0.1, 0.15) is 0 Å². The summed E-state index contributed by atoms with van der Waals surface area (Å²) in [5.41, 5.74) is 16.8. The Bertz CT molecular complexity index is 4210. The molecule has 0 aromatic heterocycles. The van der Waals surface area contributed by atoms with Crippen molar-refractivity contribution in [2.75, 3.05) is 9.80 Å². The number of fused-ring (bicyclic) bond motifs is 10. The Balaban J connectivity index is 1.19. The van der Waals surface area contributed by atoms with E-state index in [1.165, 1.54) is 0 Å². The fourth-order valence-corrected chi connectivity index (χ4v) is 13.4. The molecule has 0 heterocycles. The number of hydrogen-bond acceptors (Lipinski definition) is 6. The minimum absolute atomic E-state index is 0.554. The number of anilines is 6.